The van der Waals surface area contributed by atoms with Crippen LogP contribution in [-0.2, 0) is 0 Å². The summed E-state index contributed by atoms with van der Waals surface area (Å²) in [4.78, 5) is 15.8. The Morgan fingerprint density at radius 3 is 2.55 bits per heavy atom. The molecule has 112 valence electrons. The molecule has 3 nitrogen and oxygen atoms in total. The first-order valence-corrected chi connectivity index (χ1v) is 7.51. The van der Waals surface area contributed by atoms with E-state index in [2.05, 4.69) is 23.3 Å². The Hall–Kier alpha value is -2.55. The SMILES string of the molecule is Cc1ccc2[nH]c(C(=O)NC(C)c3ccccc3)c(C)c2c1. The zero-order valence-corrected chi connectivity index (χ0v) is 13.1. The minimum absolute atomic E-state index is 0.0266. The summed E-state index contributed by atoms with van der Waals surface area (Å²) in [6, 6.07) is 16.1. The quantitative estimate of drug-likeness (QED) is 0.743. The first kappa shape index (κ1) is 14.4. The van der Waals surface area contributed by atoms with Crippen LogP contribution in [0.15, 0.2) is 48.5 Å². The molecule has 0 aliphatic rings. The van der Waals surface area contributed by atoms with Crippen molar-refractivity contribution in [2.75, 3.05) is 0 Å². The second-order valence-electron chi connectivity index (χ2n) is 5.78. The lowest BCUT2D eigenvalue weighted by atomic mass is 10.1. The van der Waals surface area contributed by atoms with Crippen LogP contribution in [0.1, 0.15) is 40.1 Å². The number of amides is 1. The van der Waals surface area contributed by atoms with E-state index in [-0.39, 0.29) is 11.9 Å². The number of benzene rings is 2. The van der Waals surface area contributed by atoms with Crippen LogP contribution in [0.25, 0.3) is 10.9 Å². The van der Waals surface area contributed by atoms with E-state index in [4.69, 9.17) is 0 Å². The van der Waals surface area contributed by atoms with E-state index in [9.17, 15) is 4.79 Å². The highest BCUT2D eigenvalue weighted by Crippen LogP contribution is 2.23. The van der Waals surface area contributed by atoms with Crippen molar-refractivity contribution in [1.29, 1.82) is 0 Å². The summed E-state index contributed by atoms with van der Waals surface area (Å²) in [5.74, 6) is -0.0669. The summed E-state index contributed by atoms with van der Waals surface area (Å²) < 4.78 is 0. The molecule has 2 N–H and O–H groups in total. The molecule has 1 atom stereocenters. The first-order chi connectivity index (χ1) is 10.6. The zero-order valence-electron chi connectivity index (χ0n) is 13.1. The molecule has 0 radical (unpaired) electrons. The predicted molar refractivity (Wildman–Crippen MR) is 90.1 cm³/mol. The lowest BCUT2D eigenvalue weighted by molar-refractivity contribution is 0.0935. The van der Waals surface area contributed by atoms with Gasteiger partial charge < -0.3 is 10.3 Å². The molecule has 1 unspecified atom stereocenters. The van der Waals surface area contributed by atoms with Crippen LogP contribution < -0.4 is 5.32 Å². The molecule has 0 bridgehead atoms. The molecule has 1 heterocycles. The van der Waals surface area contributed by atoms with Crippen molar-refractivity contribution in [3.8, 4) is 0 Å². The van der Waals surface area contributed by atoms with Crippen LogP contribution in [0.5, 0.6) is 0 Å². The maximum absolute atomic E-state index is 12.6. The van der Waals surface area contributed by atoms with Gasteiger partial charge in [0, 0.05) is 10.9 Å². The molecule has 3 rings (SSSR count). The lowest BCUT2D eigenvalue weighted by Crippen LogP contribution is -2.27. The molecule has 22 heavy (non-hydrogen) atoms. The smallest absolute Gasteiger partial charge is 0.268 e. The van der Waals surface area contributed by atoms with Gasteiger partial charge in [-0.3, -0.25) is 4.79 Å². The van der Waals surface area contributed by atoms with Gasteiger partial charge in [-0.2, -0.15) is 0 Å². The number of hydrogen-bond donors (Lipinski definition) is 2. The molecule has 2 aromatic carbocycles. The number of fused-ring (bicyclic) bond motifs is 1. The second kappa shape index (κ2) is 5.68. The fourth-order valence-electron chi connectivity index (χ4n) is 2.76. The van der Waals surface area contributed by atoms with Crippen LogP contribution in [0.4, 0.5) is 0 Å². The van der Waals surface area contributed by atoms with Crippen LogP contribution in [0, 0.1) is 13.8 Å². The monoisotopic (exact) mass is 292 g/mol. The molecule has 0 aliphatic heterocycles. The number of carbonyl (C=O) groups is 1. The average Bonchev–Trinajstić information content (AvgIpc) is 2.85. The number of aryl methyl sites for hydroxylation is 2. The third kappa shape index (κ3) is 2.62. The molecular formula is C19H20N2O. The van der Waals surface area contributed by atoms with E-state index in [0.29, 0.717) is 5.69 Å². The maximum atomic E-state index is 12.6. The van der Waals surface area contributed by atoms with Crippen molar-refractivity contribution >= 4 is 16.8 Å². The number of H-pyrrole nitrogens is 1. The van der Waals surface area contributed by atoms with Crippen molar-refractivity contribution in [2.24, 2.45) is 0 Å². The van der Waals surface area contributed by atoms with Gasteiger partial charge in [0.1, 0.15) is 5.69 Å². The average molecular weight is 292 g/mol. The van der Waals surface area contributed by atoms with E-state index >= 15 is 0 Å². The Bertz CT molecular complexity index is 818. The molecule has 0 saturated carbocycles. The van der Waals surface area contributed by atoms with Crippen molar-refractivity contribution < 1.29 is 4.79 Å². The van der Waals surface area contributed by atoms with Crippen molar-refractivity contribution in [1.82, 2.24) is 10.3 Å². The lowest BCUT2D eigenvalue weighted by Gasteiger charge is -2.14. The van der Waals surface area contributed by atoms with Crippen LogP contribution in [-0.4, -0.2) is 10.9 Å². The molecular weight excluding hydrogens is 272 g/mol. The Labute approximate surface area is 130 Å². The topological polar surface area (TPSA) is 44.9 Å². The van der Waals surface area contributed by atoms with Gasteiger partial charge in [-0.25, -0.2) is 0 Å². The van der Waals surface area contributed by atoms with E-state index < -0.39 is 0 Å². The van der Waals surface area contributed by atoms with E-state index in [1.165, 1.54) is 5.56 Å². The minimum atomic E-state index is -0.0669. The first-order valence-electron chi connectivity index (χ1n) is 7.51. The molecule has 1 aromatic heterocycles. The Morgan fingerprint density at radius 2 is 1.82 bits per heavy atom. The molecule has 0 fully saturated rings. The maximum Gasteiger partial charge on any atom is 0.268 e. The van der Waals surface area contributed by atoms with Gasteiger partial charge in [-0.1, -0.05) is 42.0 Å². The number of aromatic nitrogens is 1. The standard InChI is InChI=1S/C19H20N2O/c1-12-9-10-17-16(11-12)13(2)18(21-17)19(22)20-14(3)15-7-5-4-6-8-15/h4-11,14,21H,1-3H3,(H,20,22). The van der Waals surface area contributed by atoms with Gasteiger partial charge in [-0.15, -0.1) is 0 Å². The predicted octanol–water partition coefficient (Wildman–Crippen LogP) is 4.28. The summed E-state index contributed by atoms with van der Waals surface area (Å²) in [5, 5.41) is 4.17. The third-order valence-electron chi connectivity index (χ3n) is 4.09. The third-order valence-corrected chi connectivity index (χ3v) is 4.09. The molecule has 3 aromatic rings. The summed E-state index contributed by atoms with van der Waals surface area (Å²) in [6.45, 7) is 6.04. The normalized spacial score (nSPS) is 12.3. The van der Waals surface area contributed by atoms with Gasteiger partial charge in [-0.05, 0) is 44.0 Å². The molecule has 3 heteroatoms. The summed E-state index contributed by atoms with van der Waals surface area (Å²) in [6.07, 6.45) is 0. The van der Waals surface area contributed by atoms with Crippen LogP contribution in [0.3, 0.4) is 0 Å². The largest absolute Gasteiger partial charge is 0.350 e. The van der Waals surface area contributed by atoms with Gasteiger partial charge in [0.2, 0.25) is 0 Å². The summed E-state index contributed by atoms with van der Waals surface area (Å²) in [7, 11) is 0. The van der Waals surface area contributed by atoms with Crippen LogP contribution >= 0.6 is 0 Å². The van der Waals surface area contributed by atoms with Gasteiger partial charge in [0.05, 0.1) is 6.04 Å². The van der Waals surface area contributed by atoms with Gasteiger partial charge in [0.25, 0.3) is 5.91 Å². The van der Waals surface area contributed by atoms with Crippen molar-refractivity contribution in [3.63, 3.8) is 0 Å². The molecule has 1 amide bonds. The summed E-state index contributed by atoms with van der Waals surface area (Å²) in [5.41, 5.74) is 4.93. The Balaban J connectivity index is 1.88. The second-order valence-corrected chi connectivity index (χ2v) is 5.78. The fourth-order valence-corrected chi connectivity index (χ4v) is 2.76. The highest BCUT2D eigenvalue weighted by Gasteiger charge is 2.17. The Kier molecular flexibility index (Phi) is 3.72. The molecule has 0 aliphatic carbocycles. The number of carbonyl (C=O) groups excluding carboxylic acids is 1. The van der Waals surface area contributed by atoms with Crippen molar-refractivity contribution in [2.45, 2.75) is 26.8 Å². The molecule has 0 spiro atoms. The molecule has 0 saturated heterocycles. The van der Waals surface area contributed by atoms with Crippen molar-refractivity contribution in [3.05, 3.63) is 70.9 Å². The minimum Gasteiger partial charge on any atom is -0.350 e. The van der Waals surface area contributed by atoms with E-state index in [1.54, 1.807) is 0 Å². The zero-order chi connectivity index (χ0) is 15.7. The number of hydrogen-bond acceptors (Lipinski definition) is 1. The highest BCUT2D eigenvalue weighted by atomic mass is 16.1. The number of rotatable bonds is 3. The fraction of sp³-hybridized carbons (Fsp3) is 0.211. The van der Waals surface area contributed by atoms with E-state index in [1.807, 2.05) is 56.3 Å². The van der Waals surface area contributed by atoms with Gasteiger partial charge in [0.15, 0.2) is 0 Å². The van der Waals surface area contributed by atoms with Gasteiger partial charge >= 0.3 is 0 Å². The number of nitrogens with one attached hydrogen (secondary N) is 2. The Morgan fingerprint density at radius 1 is 1.09 bits per heavy atom. The van der Waals surface area contributed by atoms with Crippen LogP contribution in [0.2, 0.25) is 0 Å². The number of aromatic amines is 1. The summed E-state index contributed by atoms with van der Waals surface area (Å²) >= 11 is 0. The highest BCUT2D eigenvalue weighted by molar-refractivity contribution is 6.01. The van der Waals surface area contributed by atoms with E-state index in [0.717, 1.165) is 22.0 Å².